The Labute approximate surface area is 114 Å². The highest BCUT2D eigenvalue weighted by Crippen LogP contribution is 2.35. The van der Waals surface area contributed by atoms with Gasteiger partial charge in [0.2, 0.25) is 0 Å². The molecule has 1 aromatic rings. The van der Waals surface area contributed by atoms with Gasteiger partial charge < -0.3 is 10.1 Å². The van der Waals surface area contributed by atoms with Crippen LogP contribution < -0.4 is 10.6 Å². The van der Waals surface area contributed by atoms with Crippen LogP contribution in [0.2, 0.25) is 0 Å². The van der Waals surface area contributed by atoms with Crippen LogP contribution in [-0.2, 0) is 4.74 Å². The lowest BCUT2D eigenvalue weighted by Crippen LogP contribution is -2.20. The summed E-state index contributed by atoms with van der Waals surface area (Å²) in [4.78, 5) is 11.3. The van der Waals surface area contributed by atoms with Gasteiger partial charge in [-0.25, -0.2) is 4.79 Å². The molecule has 1 unspecified atom stereocenters. The Morgan fingerprint density at radius 3 is 2.42 bits per heavy atom. The van der Waals surface area contributed by atoms with Gasteiger partial charge in [0, 0.05) is 17.4 Å². The minimum absolute atomic E-state index is 0.380. The molecule has 1 atom stereocenters. The molecule has 0 radical (unpaired) electrons. The van der Waals surface area contributed by atoms with Crippen LogP contribution in [0.5, 0.6) is 0 Å². The van der Waals surface area contributed by atoms with Crippen LogP contribution in [0, 0.1) is 5.92 Å². The van der Waals surface area contributed by atoms with Crippen molar-refractivity contribution in [2.24, 2.45) is 5.92 Å². The van der Waals surface area contributed by atoms with E-state index < -0.39 is 6.09 Å². The summed E-state index contributed by atoms with van der Waals surface area (Å²) in [7, 11) is 0. The van der Waals surface area contributed by atoms with Crippen LogP contribution in [0.25, 0.3) is 0 Å². The lowest BCUT2D eigenvalue weighted by molar-refractivity contribution is 0.168. The molecule has 4 nitrogen and oxygen atoms in total. The molecule has 104 valence electrons. The van der Waals surface area contributed by atoms with Crippen molar-refractivity contribution < 1.29 is 9.53 Å². The summed E-state index contributed by atoms with van der Waals surface area (Å²) >= 11 is 0. The first-order chi connectivity index (χ1) is 9.22. The summed E-state index contributed by atoms with van der Waals surface area (Å²) in [5.41, 5.74) is 1.86. The molecule has 1 saturated carbocycles. The van der Waals surface area contributed by atoms with Crippen LogP contribution >= 0.6 is 0 Å². The Kier molecular flexibility index (Phi) is 4.66. The predicted molar refractivity (Wildman–Crippen MR) is 77.5 cm³/mol. The van der Waals surface area contributed by atoms with E-state index >= 15 is 0 Å². The third-order valence-electron chi connectivity index (χ3n) is 3.39. The van der Waals surface area contributed by atoms with E-state index in [1.165, 1.54) is 12.8 Å². The molecular formula is C15H22N2O2. The molecule has 2 rings (SSSR count). The number of carbonyl (C=O) groups is 1. The molecule has 1 aliphatic rings. The van der Waals surface area contributed by atoms with E-state index in [0.717, 1.165) is 23.7 Å². The summed E-state index contributed by atoms with van der Waals surface area (Å²) in [6, 6.07) is 8.33. The molecule has 1 aliphatic carbocycles. The van der Waals surface area contributed by atoms with Crippen LogP contribution in [-0.4, -0.2) is 18.7 Å². The van der Waals surface area contributed by atoms with Crippen molar-refractivity contribution >= 4 is 17.5 Å². The van der Waals surface area contributed by atoms with Crippen molar-refractivity contribution in [3.05, 3.63) is 24.3 Å². The number of hydrogen-bond acceptors (Lipinski definition) is 3. The van der Waals surface area contributed by atoms with Gasteiger partial charge in [-0.2, -0.15) is 0 Å². The zero-order valence-corrected chi connectivity index (χ0v) is 11.6. The minimum atomic E-state index is -0.410. The normalized spacial score (nSPS) is 15.7. The Morgan fingerprint density at radius 2 is 1.89 bits per heavy atom. The summed E-state index contributed by atoms with van der Waals surface area (Å²) in [6.45, 7) is 4.38. The number of nitrogens with one attached hydrogen (secondary N) is 2. The first kappa shape index (κ1) is 13.7. The van der Waals surface area contributed by atoms with E-state index in [9.17, 15) is 4.79 Å². The summed E-state index contributed by atoms with van der Waals surface area (Å²) < 4.78 is 4.83. The second-order valence-corrected chi connectivity index (χ2v) is 4.92. The van der Waals surface area contributed by atoms with E-state index in [4.69, 9.17) is 4.74 Å². The van der Waals surface area contributed by atoms with Gasteiger partial charge >= 0.3 is 6.09 Å². The number of ether oxygens (including phenoxy) is 1. The Bertz CT molecular complexity index is 413. The molecule has 4 heteroatoms. The molecule has 1 amide bonds. The topological polar surface area (TPSA) is 50.4 Å². The summed E-state index contributed by atoms with van der Waals surface area (Å²) in [5.74, 6) is 0.835. The second-order valence-electron chi connectivity index (χ2n) is 4.92. The van der Waals surface area contributed by atoms with E-state index in [2.05, 4.69) is 17.6 Å². The fourth-order valence-corrected chi connectivity index (χ4v) is 2.20. The van der Waals surface area contributed by atoms with Crippen molar-refractivity contribution in [2.75, 3.05) is 17.2 Å². The SMILES string of the molecule is CCOC(=O)Nc1ccc(NC(CC)C2CC2)cc1. The van der Waals surface area contributed by atoms with Gasteiger partial charge in [0.25, 0.3) is 0 Å². The molecule has 0 bridgehead atoms. The van der Waals surface area contributed by atoms with Crippen LogP contribution in [0.1, 0.15) is 33.1 Å². The molecule has 0 saturated heterocycles. The highest BCUT2D eigenvalue weighted by molar-refractivity contribution is 5.84. The van der Waals surface area contributed by atoms with Crippen LogP contribution in [0.3, 0.4) is 0 Å². The summed E-state index contributed by atoms with van der Waals surface area (Å²) in [6.07, 6.45) is 3.42. The Morgan fingerprint density at radius 1 is 1.26 bits per heavy atom. The fourth-order valence-electron chi connectivity index (χ4n) is 2.20. The summed E-state index contributed by atoms with van der Waals surface area (Å²) in [5, 5.41) is 6.24. The smallest absolute Gasteiger partial charge is 0.411 e. The number of benzene rings is 1. The van der Waals surface area contributed by atoms with Crippen molar-refractivity contribution in [1.29, 1.82) is 0 Å². The number of amides is 1. The molecule has 19 heavy (non-hydrogen) atoms. The quantitative estimate of drug-likeness (QED) is 0.818. The lowest BCUT2D eigenvalue weighted by atomic mass is 10.1. The highest BCUT2D eigenvalue weighted by Gasteiger charge is 2.29. The van der Waals surface area contributed by atoms with Gasteiger partial charge in [-0.05, 0) is 56.4 Å². The number of anilines is 2. The molecular weight excluding hydrogens is 240 g/mol. The van der Waals surface area contributed by atoms with Gasteiger partial charge in [-0.3, -0.25) is 5.32 Å². The van der Waals surface area contributed by atoms with E-state index in [1.54, 1.807) is 6.92 Å². The van der Waals surface area contributed by atoms with Gasteiger partial charge in [-0.15, -0.1) is 0 Å². The predicted octanol–water partition coefficient (Wildman–Crippen LogP) is 3.86. The third kappa shape index (κ3) is 4.16. The Balaban J connectivity index is 1.88. The first-order valence-corrected chi connectivity index (χ1v) is 7.03. The van der Waals surface area contributed by atoms with Gasteiger partial charge in [0.05, 0.1) is 6.61 Å². The zero-order valence-electron chi connectivity index (χ0n) is 11.6. The number of hydrogen-bond donors (Lipinski definition) is 2. The monoisotopic (exact) mass is 262 g/mol. The van der Waals surface area contributed by atoms with Crippen molar-refractivity contribution in [3.8, 4) is 0 Å². The molecule has 1 fully saturated rings. The standard InChI is InChI=1S/C15H22N2O2/c1-3-14(11-5-6-11)16-12-7-9-13(10-8-12)17-15(18)19-4-2/h7-11,14,16H,3-6H2,1-2H3,(H,17,18). The average Bonchev–Trinajstić information content (AvgIpc) is 3.22. The maximum atomic E-state index is 11.3. The largest absolute Gasteiger partial charge is 0.450 e. The third-order valence-corrected chi connectivity index (χ3v) is 3.39. The fraction of sp³-hybridized carbons (Fsp3) is 0.533. The Hall–Kier alpha value is -1.71. The van der Waals surface area contributed by atoms with Gasteiger partial charge in [0.15, 0.2) is 0 Å². The van der Waals surface area contributed by atoms with Gasteiger partial charge in [0.1, 0.15) is 0 Å². The molecule has 0 heterocycles. The van der Waals surface area contributed by atoms with Crippen LogP contribution in [0.15, 0.2) is 24.3 Å². The maximum Gasteiger partial charge on any atom is 0.411 e. The van der Waals surface area contributed by atoms with Crippen LogP contribution in [0.4, 0.5) is 16.2 Å². The van der Waals surface area contributed by atoms with E-state index in [0.29, 0.717) is 12.6 Å². The van der Waals surface area contributed by atoms with Crippen molar-refractivity contribution in [1.82, 2.24) is 0 Å². The average molecular weight is 262 g/mol. The highest BCUT2D eigenvalue weighted by atomic mass is 16.5. The van der Waals surface area contributed by atoms with Crippen molar-refractivity contribution in [2.45, 2.75) is 39.2 Å². The van der Waals surface area contributed by atoms with E-state index in [1.807, 2.05) is 24.3 Å². The van der Waals surface area contributed by atoms with Gasteiger partial charge in [-0.1, -0.05) is 6.92 Å². The number of carbonyl (C=O) groups excluding carboxylic acids is 1. The molecule has 1 aromatic carbocycles. The van der Waals surface area contributed by atoms with Crippen molar-refractivity contribution in [3.63, 3.8) is 0 Å². The molecule has 0 aromatic heterocycles. The minimum Gasteiger partial charge on any atom is -0.450 e. The number of rotatable bonds is 6. The zero-order chi connectivity index (χ0) is 13.7. The maximum absolute atomic E-state index is 11.3. The molecule has 0 spiro atoms. The first-order valence-electron chi connectivity index (χ1n) is 7.03. The molecule has 2 N–H and O–H groups in total. The lowest BCUT2D eigenvalue weighted by Gasteiger charge is -2.17. The molecule has 0 aliphatic heterocycles. The van der Waals surface area contributed by atoms with E-state index in [-0.39, 0.29) is 0 Å². The second kappa shape index (κ2) is 6.45.